The van der Waals surface area contributed by atoms with Gasteiger partial charge in [0.25, 0.3) is 0 Å². The molecular weight excluding hydrogens is 540 g/mol. The molecule has 0 amide bonds. The monoisotopic (exact) mass is 598 g/mol. The van der Waals surface area contributed by atoms with Crippen LogP contribution in [0.15, 0.2) is 0 Å². The molecule has 0 bridgehead atoms. The van der Waals surface area contributed by atoms with E-state index in [4.69, 9.17) is 14.2 Å². The molecule has 0 aromatic heterocycles. The molecule has 0 radical (unpaired) electrons. The Balaban J connectivity index is 1.30. The first-order valence-corrected chi connectivity index (χ1v) is 16.6. The molecule has 7 unspecified atom stereocenters. The van der Waals surface area contributed by atoms with Crippen molar-refractivity contribution in [2.24, 2.45) is 52.3 Å². The van der Waals surface area contributed by atoms with E-state index in [1.807, 2.05) is 0 Å². The number of aliphatic hydroxyl groups is 6. The average Bonchev–Trinajstić information content (AvgIpc) is 3.21. The van der Waals surface area contributed by atoms with Crippen LogP contribution in [-0.2, 0) is 14.2 Å². The summed E-state index contributed by atoms with van der Waals surface area (Å²) >= 11 is 0. The summed E-state index contributed by atoms with van der Waals surface area (Å²) in [5.74, 6) is 1.26. The highest BCUT2D eigenvalue weighted by Crippen LogP contribution is 2.68. The molecule has 4 aliphatic carbocycles. The molecule has 5 rings (SSSR count). The molecule has 244 valence electrons. The Hall–Kier alpha value is -0.360. The number of methoxy groups -OCH3 is 1. The van der Waals surface area contributed by atoms with Crippen molar-refractivity contribution < 1.29 is 44.8 Å². The second kappa shape index (κ2) is 12.4. The summed E-state index contributed by atoms with van der Waals surface area (Å²) in [6.45, 7) is 10.9. The van der Waals surface area contributed by atoms with E-state index < -0.39 is 49.0 Å². The lowest BCUT2D eigenvalue weighted by molar-refractivity contribution is -0.310. The van der Waals surface area contributed by atoms with Crippen LogP contribution in [0.25, 0.3) is 0 Å². The Morgan fingerprint density at radius 1 is 0.833 bits per heavy atom. The lowest BCUT2D eigenvalue weighted by Gasteiger charge is -2.63. The van der Waals surface area contributed by atoms with Crippen LogP contribution in [-0.4, -0.2) is 99.5 Å². The Kier molecular flexibility index (Phi) is 9.78. The normalized spacial score (nSPS) is 52.4. The molecule has 9 nitrogen and oxygen atoms in total. The molecule has 1 heterocycles. The van der Waals surface area contributed by atoms with Gasteiger partial charge in [0.05, 0.1) is 37.1 Å². The minimum atomic E-state index is -1.15. The summed E-state index contributed by atoms with van der Waals surface area (Å²) in [7, 11) is 1.43. The number of ether oxygens (including phenoxy) is 3. The Labute approximate surface area is 251 Å². The molecule has 42 heavy (non-hydrogen) atoms. The molecule has 9 heteroatoms. The zero-order valence-electron chi connectivity index (χ0n) is 26.5. The van der Waals surface area contributed by atoms with Gasteiger partial charge in [0.1, 0.15) is 18.3 Å². The predicted molar refractivity (Wildman–Crippen MR) is 156 cm³/mol. The van der Waals surface area contributed by atoms with Crippen molar-refractivity contribution >= 4 is 0 Å². The molecule has 1 saturated heterocycles. The molecule has 0 spiro atoms. The summed E-state index contributed by atoms with van der Waals surface area (Å²) < 4.78 is 17.2. The lowest BCUT2D eigenvalue weighted by Crippen LogP contribution is -2.64. The summed E-state index contributed by atoms with van der Waals surface area (Å²) in [6, 6.07) is 0. The Morgan fingerprint density at radius 2 is 1.50 bits per heavy atom. The van der Waals surface area contributed by atoms with E-state index in [-0.39, 0.29) is 47.2 Å². The summed E-state index contributed by atoms with van der Waals surface area (Å²) in [6.07, 6.45) is -0.450. The van der Waals surface area contributed by atoms with E-state index in [2.05, 4.69) is 34.6 Å². The number of fused-ring (bicyclic) bond motifs is 5. The van der Waals surface area contributed by atoms with Crippen LogP contribution in [0.5, 0.6) is 0 Å². The second-order valence-electron chi connectivity index (χ2n) is 15.6. The molecule has 5 fully saturated rings. The van der Waals surface area contributed by atoms with Crippen molar-refractivity contribution in [3.8, 4) is 0 Å². The molecule has 5 aliphatic rings. The summed E-state index contributed by atoms with van der Waals surface area (Å²) in [5, 5.41) is 65.7. The van der Waals surface area contributed by atoms with E-state index >= 15 is 0 Å². The van der Waals surface area contributed by atoms with Crippen molar-refractivity contribution in [3.63, 3.8) is 0 Å². The highest BCUT2D eigenvalue weighted by Gasteiger charge is 2.66. The number of hydrogen-bond donors (Lipinski definition) is 6. The van der Waals surface area contributed by atoms with E-state index in [0.29, 0.717) is 30.6 Å². The highest BCUT2D eigenvalue weighted by atomic mass is 16.7. The maximum Gasteiger partial charge on any atom is 0.186 e. The molecule has 0 aromatic carbocycles. The van der Waals surface area contributed by atoms with Crippen LogP contribution in [0.4, 0.5) is 0 Å². The van der Waals surface area contributed by atoms with Gasteiger partial charge in [-0.25, -0.2) is 0 Å². The third-order valence-electron chi connectivity index (χ3n) is 13.1. The van der Waals surface area contributed by atoms with Gasteiger partial charge in [0.2, 0.25) is 0 Å². The second-order valence-corrected chi connectivity index (χ2v) is 15.6. The fraction of sp³-hybridized carbons (Fsp3) is 1.00. The third kappa shape index (κ3) is 5.51. The van der Waals surface area contributed by atoms with Crippen molar-refractivity contribution in [1.29, 1.82) is 0 Å². The predicted octanol–water partition coefficient (Wildman–Crippen LogP) is 2.47. The number of aliphatic hydroxyl groups excluding tert-OH is 6. The van der Waals surface area contributed by atoms with Crippen LogP contribution in [0, 0.1) is 52.3 Å². The first kappa shape index (κ1) is 33.0. The fourth-order valence-electron chi connectivity index (χ4n) is 10.8. The van der Waals surface area contributed by atoms with Crippen molar-refractivity contribution in [2.45, 2.75) is 141 Å². The van der Waals surface area contributed by atoms with Gasteiger partial charge in [0, 0.05) is 13.0 Å². The first-order valence-electron chi connectivity index (χ1n) is 16.6. The molecule has 17 atom stereocenters. The van der Waals surface area contributed by atoms with E-state index in [1.54, 1.807) is 0 Å². The zero-order valence-corrected chi connectivity index (χ0v) is 26.5. The van der Waals surface area contributed by atoms with Crippen LogP contribution in [0.2, 0.25) is 0 Å². The molecule has 1 aliphatic heterocycles. The van der Waals surface area contributed by atoms with Crippen LogP contribution in [0.3, 0.4) is 0 Å². The van der Waals surface area contributed by atoms with Crippen LogP contribution < -0.4 is 0 Å². The smallest absolute Gasteiger partial charge is 0.186 e. The van der Waals surface area contributed by atoms with Gasteiger partial charge >= 0.3 is 0 Å². The van der Waals surface area contributed by atoms with Gasteiger partial charge in [-0.1, -0.05) is 34.6 Å². The maximum absolute atomic E-state index is 11.7. The Bertz CT molecular complexity index is 918. The largest absolute Gasteiger partial charge is 0.393 e. The standard InChI is InChI=1S/C33H58O9/c1-16(2)21(34)8-7-17(3)20-14-23(36)26-18-13-22(35)27-29(39)25(42-31-30(40-6)28(38)24(37)15-41-31)10-12-32(27,4)19(18)9-11-33(20,26)5/h16-31,34-39H,7-15H2,1-6H3/t17-,18-,19?,20-,21+,22-,23-,24?,25+,26?,27?,28?,29+,30?,31?,32-,33-/m1/s1. The zero-order chi connectivity index (χ0) is 30.7. The van der Waals surface area contributed by atoms with Gasteiger partial charge < -0.3 is 44.8 Å². The van der Waals surface area contributed by atoms with Gasteiger partial charge in [-0.15, -0.1) is 0 Å². The molecular formula is C33H58O9. The van der Waals surface area contributed by atoms with Crippen molar-refractivity contribution in [3.05, 3.63) is 0 Å². The molecule has 6 N–H and O–H groups in total. The summed E-state index contributed by atoms with van der Waals surface area (Å²) in [5.41, 5.74) is -0.305. The number of rotatable bonds is 8. The fourth-order valence-corrected chi connectivity index (χ4v) is 10.8. The van der Waals surface area contributed by atoms with E-state index in [0.717, 1.165) is 38.5 Å². The molecule has 4 saturated carbocycles. The third-order valence-corrected chi connectivity index (χ3v) is 13.1. The van der Waals surface area contributed by atoms with Crippen molar-refractivity contribution in [2.75, 3.05) is 13.7 Å². The lowest BCUT2D eigenvalue weighted by atomic mass is 9.43. The summed E-state index contributed by atoms with van der Waals surface area (Å²) in [4.78, 5) is 0. The maximum atomic E-state index is 11.7. The van der Waals surface area contributed by atoms with Gasteiger partial charge in [0.15, 0.2) is 6.29 Å². The highest BCUT2D eigenvalue weighted by molar-refractivity contribution is 5.15. The number of hydrogen-bond acceptors (Lipinski definition) is 9. The first-order chi connectivity index (χ1) is 19.7. The van der Waals surface area contributed by atoms with E-state index in [1.165, 1.54) is 7.11 Å². The topological polar surface area (TPSA) is 149 Å². The van der Waals surface area contributed by atoms with E-state index in [9.17, 15) is 30.6 Å². The Morgan fingerprint density at radius 3 is 2.17 bits per heavy atom. The van der Waals surface area contributed by atoms with Gasteiger partial charge in [-0.2, -0.15) is 0 Å². The van der Waals surface area contributed by atoms with Crippen LogP contribution >= 0.6 is 0 Å². The minimum Gasteiger partial charge on any atom is -0.393 e. The van der Waals surface area contributed by atoms with Crippen LogP contribution in [0.1, 0.15) is 86.0 Å². The SMILES string of the molecule is COC1C(O[C@H]2CC[C@]3(C)C4CC[C@@]5(C)C([C@@H]4C[C@@H](O)C3[C@H]2O)[C@H](O)C[C@@H]5[C@H](C)CC[C@H](O)C(C)C)OCC(O)C1O. The minimum absolute atomic E-state index is 0.0104. The van der Waals surface area contributed by atoms with Gasteiger partial charge in [-0.05, 0) is 97.7 Å². The van der Waals surface area contributed by atoms with Crippen molar-refractivity contribution in [1.82, 2.24) is 0 Å². The van der Waals surface area contributed by atoms with Gasteiger partial charge in [-0.3, -0.25) is 0 Å². The quantitative estimate of drug-likeness (QED) is 0.232. The average molecular weight is 599 g/mol. The molecule has 0 aromatic rings.